The molecule has 0 unspecified atom stereocenters. The Bertz CT molecular complexity index is 952. The number of aryl methyl sites for hydroxylation is 1. The van der Waals surface area contributed by atoms with Gasteiger partial charge in [0.05, 0.1) is 7.11 Å². The molecule has 0 amide bonds. The normalized spacial score (nSPS) is 10.4. The third kappa shape index (κ3) is 3.92. The molecule has 0 saturated heterocycles. The molecule has 1 aromatic carbocycles. The maximum Gasteiger partial charge on any atom is 0.341 e. The highest BCUT2D eigenvalue weighted by Gasteiger charge is 2.22. The van der Waals surface area contributed by atoms with E-state index in [0.717, 1.165) is 10.4 Å². The molecule has 134 valence electrons. The van der Waals surface area contributed by atoms with Gasteiger partial charge < -0.3 is 15.4 Å². The first kappa shape index (κ1) is 18.5. The van der Waals surface area contributed by atoms with Crippen LogP contribution in [0, 0.1) is 12.7 Å². The third-order valence-corrected chi connectivity index (χ3v) is 5.63. The summed E-state index contributed by atoms with van der Waals surface area (Å²) < 4.78 is 18.6. The molecule has 8 heteroatoms. The summed E-state index contributed by atoms with van der Waals surface area (Å²) in [5.41, 5.74) is 2.31. The van der Waals surface area contributed by atoms with Gasteiger partial charge in [0.15, 0.2) is 5.11 Å². The lowest BCUT2D eigenvalue weighted by atomic mass is 10.1. The molecule has 0 fully saturated rings. The van der Waals surface area contributed by atoms with Gasteiger partial charge in [-0.15, -0.1) is 22.7 Å². The van der Waals surface area contributed by atoms with E-state index in [4.69, 9.17) is 17.0 Å². The van der Waals surface area contributed by atoms with Crippen molar-refractivity contribution in [1.82, 2.24) is 0 Å². The second kappa shape index (κ2) is 7.94. The van der Waals surface area contributed by atoms with Crippen molar-refractivity contribution >= 4 is 56.7 Å². The first-order valence-corrected chi connectivity index (χ1v) is 9.74. The largest absolute Gasteiger partial charge is 0.465 e. The predicted molar refractivity (Wildman–Crippen MR) is 110 cm³/mol. The molecule has 2 aromatic heterocycles. The van der Waals surface area contributed by atoms with Crippen LogP contribution in [0.2, 0.25) is 0 Å². The summed E-state index contributed by atoms with van der Waals surface area (Å²) in [6, 6.07) is 8.63. The van der Waals surface area contributed by atoms with E-state index in [9.17, 15) is 9.18 Å². The number of carbonyl (C=O) groups excluding carboxylic acids is 1. The zero-order valence-electron chi connectivity index (χ0n) is 14.0. The van der Waals surface area contributed by atoms with Crippen molar-refractivity contribution in [2.45, 2.75) is 6.92 Å². The number of benzene rings is 1. The standard InChI is InChI=1S/C18H15FN2O2S3/c1-10-5-6-11(8-13(10)19)20-18(24)21-16-15(17(22)23-2)12(9-26-16)14-4-3-7-25-14/h3-9H,1-2H3,(H2,20,21,24). The Morgan fingerprint density at radius 1 is 1.23 bits per heavy atom. The van der Waals surface area contributed by atoms with Gasteiger partial charge >= 0.3 is 5.97 Å². The van der Waals surface area contributed by atoms with Crippen molar-refractivity contribution in [2.24, 2.45) is 0 Å². The van der Waals surface area contributed by atoms with E-state index < -0.39 is 5.97 Å². The van der Waals surface area contributed by atoms with Gasteiger partial charge in [-0.05, 0) is 48.3 Å². The summed E-state index contributed by atoms with van der Waals surface area (Å²) in [5, 5.41) is 10.6. The van der Waals surface area contributed by atoms with Crippen LogP contribution < -0.4 is 10.6 Å². The second-order valence-corrected chi connectivity index (χ2v) is 7.60. The molecule has 0 aliphatic carbocycles. The Labute approximate surface area is 163 Å². The zero-order valence-corrected chi connectivity index (χ0v) is 16.4. The Morgan fingerprint density at radius 3 is 2.69 bits per heavy atom. The minimum absolute atomic E-state index is 0.262. The lowest BCUT2D eigenvalue weighted by Crippen LogP contribution is -2.20. The van der Waals surface area contributed by atoms with Crippen LogP contribution in [0.25, 0.3) is 10.4 Å². The van der Waals surface area contributed by atoms with Gasteiger partial charge in [-0.2, -0.15) is 0 Å². The highest BCUT2D eigenvalue weighted by Crippen LogP contribution is 2.38. The molecule has 3 aromatic rings. The minimum Gasteiger partial charge on any atom is -0.465 e. The van der Waals surface area contributed by atoms with E-state index in [1.165, 1.54) is 35.8 Å². The van der Waals surface area contributed by atoms with Gasteiger partial charge in [-0.3, -0.25) is 0 Å². The second-order valence-electron chi connectivity index (χ2n) is 5.37. The summed E-state index contributed by atoms with van der Waals surface area (Å²) in [5.74, 6) is -0.759. The van der Waals surface area contributed by atoms with Gasteiger partial charge in [-0.25, -0.2) is 9.18 Å². The van der Waals surface area contributed by atoms with E-state index in [-0.39, 0.29) is 10.9 Å². The maximum atomic E-state index is 13.7. The molecular weight excluding hydrogens is 391 g/mol. The summed E-state index contributed by atoms with van der Waals surface area (Å²) in [7, 11) is 1.34. The molecule has 0 saturated carbocycles. The highest BCUT2D eigenvalue weighted by molar-refractivity contribution is 7.80. The average molecular weight is 407 g/mol. The molecule has 0 aliphatic rings. The number of thiocarbonyl (C=S) groups is 1. The number of hydrogen-bond acceptors (Lipinski definition) is 5. The number of halogens is 1. The topological polar surface area (TPSA) is 50.4 Å². The predicted octanol–water partition coefficient (Wildman–Crippen LogP) is 5.52. The van der Waals surface area contributed by atoms with Gasteiger partial charge in [-0.1, -0.05) is 12.1 Å². The number of methoxy groups -OCH3 is 1. The number of esters is 1. The number of thiophene rings is 2. The van der Waals surface area contributed by atoms with Crippen molar-refractivity contribution in [3.05, 3.63) is 58.0 Å². The number of anilines is 2. The molecule has 26 heavy (non-hydrogen) atoms. The van der Waals surface area contributed by atoms with Crippen LogP contribution in [-0.4, -0.2) is 18.2 Å². The maximum absolute atomic E-state index is 13.7. The molecular formula is C18H15FN2O2S3. The Hall–Kier alpha value is -2.29. The lowest BCUT2D eigenvalue weighted by Gasteiger charge is -2.11. The van der Waals surface area contributed by atoms with Gasteiger partial charge in [0.2, 0.25) is 0 Å². The number of nitrogens with one attached hydrogen (secondary N) is 2. The van der Waals surface area contributed by atoms with Crippen LogP contribution in [0.15, 0.2) is 41.1 Å². The van der Waals surface area contributed by atoms with E-state index >= 15 is 0 Å². The van der Waals surface area contributed by atoms with Gasteiger partial charge in [0.25, 0.3) is 0 Å². The van der Waals surface area contributed by atoms with Crippen LogP contribution in [0.3, 0.4) is 0 Å². The van der Waals surface area contributed by atoms with Gasteiger partial charge in [0, 0.05) is 21.5 Å². The lowest BCUT2D eigenvalue weighted by molar-refractivity contribution is 0.0603. The molecule has 0 aliphatic heterocycles. The molecule has 4 nitrogen and oxygen atoms in total. The fraction of sp³-hybridized carbons (Fsp3) is 0.111. The Morgan fingerprint density at radius 2 is 2.04 bits per heavy atom. The van der Waals surface area contributed by atoms with Crippen LogP contribution in [-0.2, 0) is 4.74 Å². The molecule has 2 heterocycles. The summed E-state index contributed by atoms with van der Waals surface area (Å²) in [4.78, 5) is 13.2. The molecule has 2 N–H and O–H groups in total. The summed E-state index contributed by atoms with van der Waals surface area (Å²) in [6.07, 6.45) is 0. The average Bonchev–Trinajstić information content (AvgIpc) is 3.27. The van der Waals surface area contributed by atoms with Crippen molar-refractivity contribution < 1.29 is 13.9 Å². The van der Waals surface area contributed by atoms with E-state index in [1.807, 2.05) is 22.9 Å². The number of hydrogen-bond donors (Lipinski definition) is 2. The fourth-order valence-corrected chi connectivity index (χ4v) is 4.36. The minimum atomic E-state index is -0.443. The molecule has 0 bridgehead atoms. The van der Waals surface area contributed by atoms with Crippen molar-refractivity contribution in [3.8, 4) is 10.4 Å². The zero-order chi connectivity index (χ0) is 18.7. The highest BCUT2D eigenvalue weighted by atomic mass is 32.1. The smallest absolute Gasteiger partial charge is 0.341 e. The molecule has 0 radical (unpaired) electrons. The van der Waals surface area contributed by atoms with Crippen LogP contribution >= 0.6 is 34.9 Å². The molecule has 0 atom stereocenters. The molecule has 3 rings (SSSR count). The first-order valence-electron chi connectivity index (χ1n) is 7.57. The molecule has 0 spiro atoms. The quantitative estimate of drug-likeness (QED) is 0.441. The van der Waals surface area contributed by atoms with Crippen LogP contribution in [0.1, 0.15) is 15.9 Å². The summed E-state index contributed by atoms with van der Waals surface area (Å²) >= 11 is 8.19. The summed E-state index contributed by atoms with van der Waals surface area (Å²) in [6.45, 7) is 1.69. The fourth-order valence-electron chi connectivity index (χ4n) is 2.30. The van der Waals surface area contributed by atoms with Crippen molar-refractivity contribution in [1.29, 1.82) is 0 Å². The Balaban J connectivity index is 1.83. The Kier molecular flexibility index (Phi) is 5.65. The number of ether oxygens (including phenoxy) is 1. The third-order valence-electron chi connectivity index (χ3n) is 3.62. The van der Waals surface area contributed by atoms with Crippen LogP contribution in [0.5, 0.6) is 0 Å². The van der Waals surface area contributed by atoms with E-state index in [1.54, 1.807) is 19.1 Å². The van der Waals surface area contributed by atoms with Crippen molar-refractivity contribution in [2.75, 3.05) is 17.7 Å². The first-order chi connectivity index (χ1) is 12.5. The van der Waals surface area contributed by atoms with Gasteiger partial charge in [0.1, 0.15) is 16.4 Å². The van der Waals surface area contributed by atoms with E-state index in [0.29, 0.717) is 21.8 Å². The number of rotatable bonds is 4. The van der Waals surface area contributed by atoms with Crippen molar-refractivity contribution in [3.63, 3.8) is 0 Å². The van der Waals surface area contributed by atoms with Crippen LogP contribution in [0.4, 0.5) is 15.1 Å². The van der Waals surface area contributed by atoms with E-state index in [2.05, 4.69) is 10.6 Å². The SMILES string of the molecule is COC(=O)c1c(-c2cccs2)csc1NC(=S)Nc1ccc(C)c(F)c1. The monoisotopic (exact) mass is 406 g/mol. The number of carbonyl (C=O) groups is 1.